The summed E-state index contributed by atoms with van der Waals surface area (Å²) in [6.45, 7) is 12.0. The van der Waals surface area contributed by atoms with Gasteiger partial charge in [-0.1, -0.05) is 50.0 Å². The average Bonchev–Trinajstić information content (AvgIpc) is 2.78. The number of allylic oxidation sites excluding steroid dienone is 4. The fourth-order valence-electron chi connectivity index (χ4n) is 3.66. The van der Waals surface area contributed by atoms with E-state index in [0.29, 0.717) is 0 Å². The second-order valence-corrected chi connectivity index (χ2v) is 6.57. The molecule has 0 heterocycles. The van der Waals surface area contributed by atoms with Crippen molar-refractivity contribution in [3.8, 4) is 12.3 Å². The third kappa shape index (κ3) is 2.20. The summed E-state index contributed by atoms with van der Waals surface area (Å²) in [5.74, 6) is 1.60. The van der Waals surface area contributed by atoms with Crippen LogP contribution in [0.1, 0.15) is 48.0 Å². The highest BCUT2D eigenvalue weighted by atomic mass is 16.4. The molecule has 0 aliphatic heterocycles. The molecule has 1 aliphatic rings. The molecule has 0 amide bonds. The fraction of sp³-hybridized carbons (Fsp3) is 0.611. The van der Waals surface area contributed by atoms with Gasteiger partial charge in [0.2, 0.25) is 0 Å². The SMILES string of the molecule is C#C[C@H](/C(C)=C/CC)[C@]1(C(=O)O)[C@@H](C=C(C)C)C1(C)C. The van der Waals surface area contributed by atoms with Crippen LogP contribution in [-0.2, 0) is 4.79 Å². The van der Waals surface area contributed by atoms with Crippen LogP contribution in [0, 0.1) is 35.0 Å². The summed E-state index contributed by atoms with van der Waals surface area (Å²) in [7, 11) is 0. The van der Waals surface area contributed by atoms with E-state index in [4.69, 9.17) is 6.42 Å². The van der Waals surface area contributed by atoms with E-state index in [9.17, 15) is 9.90 Å². The molecular formula is C18H26O2. The van der Waals surface area contributed by atoms with E-state index < -0.39 is 11.4 Å². The van der Waals surface area contributed by atoms with Gasteiger partial charge in [-0.3, -0.25) is 4.79 Å². The summed E-state index contributed by atoms with van der Waals surface area (Å²) in [6, 6.07) is 0. The summed E-state index contributed by atoms with van der Waals surface area (Å²) < 4.78 is 0. The first kappa shape index (κ1) is 16.6. The largest absolute Gasteiger partial charge is 0.481 e. The molecule has 0 radical (unpaired) electrons. The minimum atomic E-state index is -0.880. The highest BCUT2D eigenvalue weighted by molar-refractivity contribution is 5.83. The molecule has 0 aromatic carbocycles. The zero-order chi connectivity index (χ0) is 15.7. The quantitative estimate of drug-likeness (QED) is 0.600. The zero-order valence-electron chi connectivity index (χ0n) is 13.4. The van der Waals surface area contributed by atoms with Gasteiger partial charge in [-0.25, -0.2) is 0 Å². The molecule has 2 nitrogen and oxygen atoms in total. The third-order valence-electron chi connectivity index (χ3n) is 4.71. The highest BCUT2D eigenvalue weighted by Gasteiger charge is 2.77. The number of carbonyl (C=O) groups is 1. The first-order valence-corrected chi connectivity index (χ1v) is 7.19. The summed E-state index contributed by atoms with van der Waals surface area (Å²) in [4.78, 5) is 12.0. The lowest BCUT2D eigenvalue weighted by molar-refractivity contribution is -0.146. The smallest absolute Gasteiger partial charge is 0.312 e. The molecule has 110 valence electrons. The molecule has 1 aliphatic carbocycles. The second-order valence-electron chi connectivity index (χ2n) is 6.57. The van der Waals surface area contributed by atoms with Gasteiger partial charge in [0.25, 0.3) is 0 Å². The Kier molecular flexibility index (Phi) is 4.54. The number of hydrogen-bond acceptors (Lipinski definition) is 1. The number of rotatable bonds is 5. The van der Waals surface area contributed by atoms with Gasteiger partial charge >= 0.3 is 5.97 Å². The summed E-state index contributed by atoms with van der Waals surface area (Å²) in [5.41, 5.74) is 0.930. The van der Waals surface area contributed by atoms with Crippen LogP contribution < -0.4 is 0 Å². The Hall–Kier alpha value is -1.49. The maximum Gasteiger partial charge on any atom is 0.312 e. The molecule has 20 heavy (non-hydrogen) atoms. The van der Waals surface area contributed by atoms with Gasteiger partial charge in [-0.15, -0.1) is 6.42 Å². The lowest BCUT2D eigenvalue weighted by atomic mass is 9.78. The topological polar surface area (TPSA) is 37.3 Å². The summed E-state index contributed by atoms with van der Waals surface area (Å²) in [6.07, 6.45) is 10.7. The van der Waals surface area contributed by atoms with Crippen molar-refractivity contribution < 1.29 is 9.90 Å². The van der Waals surface area contributed by atoms with Crippen molar-refractivity contribution in [3.05, 3.63) is 23.3 Å². The molecule has 1 N–H and O–H groups in total. The first-order valence-electron chi connectivity index (χ1n) is 7.19. The first-order chi connectivity index (χ1) is 9.17. The van der Waals surface area contributed by atoms with E-state index in [-0.39, 0.29) is 17.3 Å². The van der Waals surface area contributed by atoms with E-state index in [1.54, 1.807) is 0 Å². The van der Waals surface area contributed by atoms with Crippen molar-refractivity contribution in [3.63, 3.8) is 0 Å². The third-order valence-corrected chi connectivity index (χ3v) is 4.71. The van der Waals surface area contributed by atoms with Gasteiger partial charge in [0.1, 0.15) is 0 Å². The van der Waals surface area contributed by atoms with Crippen molar-refractivity contribution in [1.82, 2.24) is 0 Å². The minimum absolute atomic E-state index is 0.0150. The normalized spacial score (nSPS) is 29.2. The molecule has 0 unspecified atom stereocenters. The van der Waals surface area contributed by atoms with Gasteiger partial charge in [0.05, 0.1) is 11.3 Å². The Bertz CT molecular complexity index is 498. The molecule has 2 heteroatoms. The second kappa shape index (κ2) is 5.48. The van der Waals surface area contributed by atoms with E-state index in [1.807, 2.05) is 47.6 Å². The molecule has 1 rings (SSSR count). The predicted octanol–water partition coefficient (Wildman–Crippen LogP) is 4.29. The van der Waals surface area contributed by atoms with Crippen LogP contribution >= 0.6 is 0 Å². The summed E-state index contributed by atoms with van der Waals surface area (Å²) in [5, 5.41) is 9.89. The van der Waals surface area contributed by atoms with E-state index in [1.165, 1.54) is 0 Å². The Labute approximate surface area is 123 Å². The maximum absolute atomic E-state index is 12.0. The van der Waals surface area contributed by atoms with Gasteiger partial charge in [0.15, 0.2) is 0 Å². The van der Waals surface area contributed by atoms with Crippen LogP contribution in [0.3, 0.4) is 0 Å². The number of hydrogen-bond donors (Lipinski definition) is 1. The van der Waals surface area contributed by atoms with Gasteiger partial charge in [-0.2, -0.15) is 0 Å². The predicted molar refractivity (Wildman–Crippen MR) is 83.1 cm³/mol. The molecule has 3 atom stereocenters. The van der Waals surface area contributed by atoms with Crippen molar-refractivity contribution in [1.29, 1.82) is 0 Å². The van der Waals surface area contributed by atoms with Crippen LogP contribution in [0.4, 0.5) is 0 Å². The molecule has 0 aromatic heterocycles. The highest BCUT2D eigenvalue weighted by Crippen LogP contribution is 2.74. The Morgan fingerprint density at radius 1 is 1.40 bits per heavy atom. The maximum atomic E-state index is 12.0. The van der Waals surface area contributed by atoms with Crippen LogP contribution in [0.5, 0.6) is 0 Å². The van der Waals surface area contributed by atoms with Crippen LogP contribution in [0.25, 0.3) is 0 Å². The average molecular weight is 274 g/mol. The minimum Gasteiger partial charge on any atom is -0.481 e. The molecule has 0 saturated heterocycles. The monoisotopic (exact) mass is 274 g/mol. The van der Waals surface area contributed by atoms with Crippen molar-refractivity contribution in [2.24, 2.45) is 22.7 Å². The lowest BCUT2D eigenvalue weighted by Crippen LogP contribution is -2.31. The van der Waals surface area contributed by atoms with Crippen LogP contribution in [0.2, 0.25) is 0 Å². The van der Waals surface area contributed by atoms with E-state index >= 15 is 0 Å². The Morgan fingerprint density at radius 2 is 1.95 bits per heavy atom. The Morgan fingerprint density at radius 3 is 2.30 bits per heavy atom. The lowest BCUT2D eigenvalue weighted by Gasteiger charge is -2.23. The molecule has 0 bridgehead atoms. The van der Waals surface area contributed by atoms with Crippen molar-refractivity contribution in [2.45, 2.75) is 48.0 Å². The van der Waals surface area contributed by atoms with Crippen molar-refractivity contribution in [2.75, 3.05) is 0 Å². The summed E-state index contributed by atoms with van der Waals surface area (Å²) >= 11 is 0. The van der Waals surface area contributed by atoms with Crippen LogP contribution in [0.15, 0.2) is 23.3 Å². The zero-order valence-corrected chi connectivity index (χ0v) is 13.4. The molecule has 0 aromatic rings. The van der Waals surface area contributed by atoms with Gasteiger partial charge in [-0.05, 0) is 32.6 Å². The Balaban J connectivity index is 3.40. The van der Waals surface area contributed by atoms with Gasteiger partial charge in [0, 0.05) is 5.92 Å². The molecule has 1 fully saturated rings. The van der Waals surface area contributed by atoms with Crippen LogP contribution in [-0.4, -0.2) is 11.1 Å². The fourth-order valence-corrected chi connectivity index (χ4v) is 3.66. The molecule has 1 saturated carbocycles. The van der Waals surface area contributed by atoms with E-state index in [0.717, 1.165) is 17.6 Å². The van der Waals surface area contributed by atoms with Gasteiger partial charge < -0.3 is 5.11 Å². The standard InChI is InChI=1S/C18H26O2/c1-8-10-13(5)14(9-2)18(16(19)20)15(11-12(3)4)17(18,6)7/h2,10-11,14-15H,8H2,1,3-7H3,(H,19,20)/b13-10+/t14-,15+,18-/m1/s1. The molecular weight excluding hydrogens is 248 g/mol. The van der Waals surface area contributed by atoms with E-state index in [2.05, 4.69) is 12.0 Å². The molecule has 0 spiro atoms. The number of terminal acetylenes is 1. The number of carboxylic acid groups (broad SMARTS) is 1. The number of carboxylic acids is 1. The van der Waals surface area contributed by atoms with Crippen molar-refractivity contribution >= 4 is 5.97 Å². The number of aliphatic carboxylic acids is 1.